The van der Waals surface area contributed by atoms with Crippen molar-refractivity contribution >= 4 is 33.9 Å². The second kappa shape index (κ2) is 9.66. The Bertz CT molecular complexity index is 1350. The monoisotopic (exact) mass is 463 g/mol. The molecule has 2 aromatic heterocycles. The van der Waals surface area contributed by atoms with Gasteiger partial charge in [-0.25, -0.2) is 9.78 Å². The van der Waals surface area contributed by atoms with Gasteiger partial charge in [-0.15, -0.1) is 11.3 Å². The van der Waals surface area contributed by atoms with Crippen LogP contribution < -0.4 is 15.6 Å². The van der Waals surface area contributed by atoms with Crippen LogP contribution in [-0.4, -0.2) is 27.4 Å². The van der Waals surface area contributed by atoms with Crippen LogP contribution in [0.15, 0.2) is 71.7 Å². The van der Waals surface area contributed by atoms with Gasteiger partial charge in [0.05, 0.1) is 11.3 Å². The minimum Gasteiger partial charge on any atom is -0.481 e. The molecule has 9 heteroatoms. The van der Waals surface area contributed by atoms with E-state index in [-0.39, 0.29) is 18.1 Å². The third-order valence-electron chi connectivity index (χ3n) is 4.70. The van der Waals surface area contributed by atoms with Gasteiger partial charge in [-0.05, 0) is 50.2 Å². The number of carbonyl (C=O) groups is 2. The number of thiazole rings is 1. The molecular weight excluding hydrogens is 442 g/mol. The molecule has 0 saturated carbocycles. The van der Waals surface area contributed by atoms with E-state index in [1.165, 1.54) is 21.8 Å². The standard InChI is InChI=1S/C24H21N3O5S/c1-15-13-27-21(28)12-19(26-24(27)33-15)14-31-23(30)17-8-10-18(11-9-17)25-22(29)16(2)32-20-6-4-3-5-7-20/h3-13,16H,14H2,1-2H3,(H,25,29)/t16-/m0/s1. The summed E-state index contributed by atoms with van der Waals surface area (Å²) in [6, 6.07) is 16.7. The number of hydrogen-bond acceptors (Lipinski definition) is 7. The maximum atomic E-state index is 12.4. The van der Waals surface area contributed by atoms with Gasteiger partial charge in [0.25, 0.3) is 11.5 Å². The van der Waals surface area contributed by atoms with E-state index in [2.05, 4.69) is 10.3 Å². The predicted octanol–water partition coefficient (Wildman–Crippen LogP) is 3.83. The van der Waals surface area contributed by atoms with Gasteiger partial charge in [0.15, 0.2) is 11.1 Å². The van der Waals surface area contributed by atoms with E-state index in [4.69, 9.17) is 9.47 Å². The van der Waals surface area contributed by atoms with E-state index in [0.717, 1.165) is 4.88 Å². The summed E-state index contributed by atoms with van der Waals surface area (Å²) in [5.74, 6) is -0.271. The predicted molar refractivity (Wildman–Crippen MR) is 125 cm³/mol. The molecule has 0 bridgehead atoms. The average Bonchev–Trinajstić information content (AvgIpc) is 3.19. The van der Waals surface area contributed by atoms with Crippen molar-refractivity contribution in [1.82, 2.24) is 9.38 Å². The number of rotatable bonds is 7. The first-order valence-electron chi connectivity index (χ1n) is 10.2. The first-order chi connectivity index (χ1) is 15.9. The van der Waals surface area contributed by atoms with Gasteiger partial charge >= 0.3 is 5.97 Å². The summed E-state index contributed by atoms with van der Waals surface area (Å²) in [6.07, 6.45) is 1.03. The van der Waals surface area contributed by atoms with E-state index in [0.29, 0.717) is 27.7 Å². The number of nitrogens with zero attached hydrogens (tertiary/aromatic N) is 2. The summed E-state index contributed by atoms with van der Waals surface area (Å²) in [7, 11) is 0. The van der Waals surface area contributed by atoms with Gasteiger partial charge in [-0.2, -0.15) is 0 Å². The molecule has 0 unspecified atom stereocenters. The van der Waals surface area contributed by atoms with E-state index < -0.39 is 12.1 Å². The molecular formula is C24H21N3O5S. The van der Waals surface area contributed by atoms with Crippen molar-refractivity contribution in [3.05, 3.63) is 93.3 Å². The molecule has 0 fully saturated rings. The normalized spacial score (nSPS) is 11.7. The van der Waals surface area contributed by atoms with Crippen LogP contribution in [0.4, 0.5) is 5.69 Å². The molecule has 8 nitrogen and oxygen atoms in total. The van der Waals surface area contributed by atoms with Gasteiger partial charge in [0, 0.05) is 22.8 Å². The second-order valence-corrected chi connectivity index (χ2v) is 8.51. The number of ether oxygens (including phenoxy) is 2. The van der Waals surface area contributed by atoms with Crippen molar-refractivity contribution in [1.29, 1.82) is 0 Å². The number of nitrogens with one attached hydrogen (secondary N) is 1. The average molecular weight is 464 g/mol. The Labute approximate surface area is 193 Å². The molecule has 33 heavy (non-hydrogen) atoms. The number of hydrogen-bond donors (Lipinski definition) is 1. The zero-order valence-electron chi connectivity index (χ0n) is 18.0. The molecule has 168 valence electrons. The highest BCUT2D eigenvalue weighted by Gasteiger charge is 2.15. The number of fused-ring (bicyclic) bond motifs is 1. The lowest BCUT2D eigenvalue weighted by Crippen LogP contribution is -2.30. The Kier molecular flexibility index (Phi) is 6.50. The van der Waals surface area contributed by atoms with Crippen LogP contribution >= 0.6 is 11.3 Å². The third-order valence-corrected chi connectivity index (χ3v) is 5.60. The number of esters is 1. The van der Waals surface area contributed by atoms with E-state index in [1.807, 2.05) is 25.1 Å². The topological polar surface area (TPSA) is 99.0 Å². The lowest BCUT2D eigenvalue weighted by Gasteiger charge is -2.14. The molecule has 0 aliphatic carbocycles. The van der Waals surface area contributed by atoms with Crippen LogP contribution in [0.2, 0.25) is 0 Å². The van der Waals surface area contributed by atoms with E-state index in [9.17, 15) is 14.4 Å². The van der Waals surface area contributed by atoms with Crippen molar-refractivity contribution in [2.24, 2.45) is 0 Å². The Balaban J connectivity index is 1.33. The Hall–Kier alpha value is -3.98. The Morgan fingerprint density at radius 2 is 1.85 bits per heavy atom. The minimum atomic E-state index is -0.696. The smallest absolute Gasteiger partial charge is 0.338 e. The summed E-state index contributed by atoms with van der Waals surface area (Å²) in [4.78, 5) is 42.8. The highest BCUT2D eigenvalue weighted by atomic mass is 32.1. The Morgan fingerprint density at radius 3 is 2.58 bits per heavy atom. The number of benzene rings is 2. The number of aromatic nitrogens is 2. The maximum absolute atomic E-state index is 12.4. The van der Waals surface area contributed by atoms with Gasteiger partial charge in [0.1, 0.15) is 12.4 Å². The van der Waals surface area contributed by atoms with Crippen LogP contribution in [0.1, 0.15) is 27.9 Å². The Morgan fingerprint density at radius 1 is 1.12 bits per heavy atom. The van der Waals surface area contributed by atoms with Crippen LogP contribution in [0.5, 0.6) is 5.75 Å². The van der Waals surface area contributed by atoms with Crippen molar-refractivity contribution in [3.8, 4) is 5.75 Å². The van der Waals surface area contributed by atoms with Crippen LogP contribution in [0.25, 0.3) is 4.96 Å². The highest BCUT2D eigenvalue weighted by molar-refractivity contribution is 7.16. The minimum absolute atomic E-state index is 0.117. The summed E-state index contributed by atoms with van der Waals surface area (Å²) >= 11 is 1.39. The third kappa shape index (κ3) is 5.45. The van der Waals surface area contributed by atoms with Gasteiger partial charge in [-0.1, -0.05) is 18.2 Å². The molecule has 2 heterocycles. The summed E-state index contributed by atoms with van der Waals surface area (Å²) in [6.45, 7) is 3.43. The number of anilines is 1. The fourth-order valence-corrected chi connectivity index (χ4v) is 3.90. The van der Waals surface area contributed by atoms with Crippen LogP contribution in [0.3, 0.4) is 0 Å². The molecule has 0 radical (unpaired) electrons. The molecule has 4 rings (SSSR count). The highest BCUT2D eigenvalue weighted by Crippen LogP contribution is 2.16. The lowest BCUT2D eigenvalue weighted by molar-refractivity contribution is -0.122. The van der Waals surface area contributed by atoms with Crippen molar-refractivity contribution in [2.75, 3.05) is 5.32 Å². The molecule has 0 aliphatic heterocycles. The maximum Gasteiger partial charge on any atom is 0.338 e. The fraction of sp³-hybridized carbons (Fsp3) is 0.167. The number of amides is 1. The molecule has 2 aromatic carbocycles. The van der Waals surface area contributed by atoms with Gasteiger partial charge in [-0.3, -0.25) is 14.0 Å². The fourth-order valence-electron chi connectivity index (χ4n) is 3.05. The number of aryl methyl sites for hydroxylation is 1. The van der Waals surface area contributed by atoms with E-state index in [1.54, 1.807) is 49.5 Å². The zero-order chi connectivity index (χ0) is 23.4. The lowest BCUT2D eigenvalue weighted by atomic mass is 10.2. The van der Waals surface area contributed by atoms with Gasteiger partial charge in [0.2, 0.25) is 0 Å². The molecule has 0 aliphatic rings. The van der Waals surface area contributed by atoms with Crippen molar-refractivity contribution in [2.45, 2.75) is 26.6 Å². The summed E-state index contributed by atoms with van der Waals surface area (Å²) in [5, 5.41) is 2.75. The first kappa shape index (κ1) is 22.2. The molecule has 1 amide bonds. The van der Waals surface area contributed by atoms with Gasteiger partial charge < -0.3 is 14.8 Å². The quantitative estimate of drug-likeness (QED) is 0.418. The van der Waals surface area contributed by atoms with Crippen molar-refractivity contribution in [3.63, 3.8) is 0 Å². The zero-order valence-corrected chi connectivity index (χ0v) is 18.8. The van der Waals surface area contributed by atoms with Crippen molar-refractivity contribution < 1.29 is 19.1 Å². The molecule has 4 aromatic rings. The molecule has 1 atom stereocenters. The number of carbonyl (C=O) groups excluding carboxylic acids is 2. The molecule has 0 saturated heterocycles. The molecule has 1 N–H and O–H groups in total. The van der Waals surface area contributed by atoms with Crippen LogP contribution in [-0.2, 0) is 16.1 Å². The first-order valence-corrected chi connectivity index (χ1v) is 11.0. The summed E-state index contributed by atoms with van der Waals surface area (Å²) < 4.78 is 12.4. The number of para-hydroxylation sites is 1. The van der Waals surface area contributed by atoms with E-state index >= 15 is 0 Å². The largest absolute Gasteiger partial charge is 0.481 e. The second-order valence-electron chi connectivity index (χ2n) is 7.30. The SMILES string of the molecule is Cc1cn2c(=O)cc(COC(=O)c3ccc(NC(=O)[C@H](C)Oc4ccccc4)cc3)nc2s1. The molecule has 0 spiro atoms. The summed E-state index contributed by atoms with van der Waals surface area (Å²) in [5.41, 5.74) is 0.993. The van der Waals surface area contributed by atoms with Crippen LogP contribution in [0, 0.1) is 6.92 Å².